The number of nitrogens with one attached hydrogen (secondary N) is 1. The van der Waals surface area contributed by atoms with E-state index in [1.54, 1.807) is 19.1 Å². The van der Waals surface area contributed by atoms with Crippen LogP contribution in [-0.4, -0.2) is 42.1 Å². The smallest absolute Gasteiger partial charge is 0.433 e. The molecule has 2 amide bonds. The van der Waals surface area contributed by atoms with E-state index >= 15 is 0 Å². The fraction of sp³-hybridized carbons (Fsp3) is 0.500. The molecule has 0 saturated carbocycles. The molecule has 1 unspecified atom stereocenters. The molecule has 0 spiro atoms. The minimum Gasteiger partial charge on any atom is -0.497 e. The van der Waals surface area contributed by atoms with Crippen molar-refractivity contribution < 1.29 is 27.8 Å². The molecule has 22 heavy (non-hydrogen) atoms. The molecule has 0 aliphatic rings. The molecule has 1 aromatic carbocycles. The number of carbonyl (C=O) groups is 1. The van der Waals surface area contributed by atoms with E-state index in [0.717, 1.165) is 0 Å². The number of unbranched alkanes of at least 4 members (excludes halogenated alkanes) is 1. The normalized spacial score (nSPS) is 12.6. The topological polar surface area (TPSA) is 61.8 Å². The van der Waals surface area contributed by atoms with Gasteiger partial charge in [-0.1, -0.05) is 13.3 Å². The minimum atomic E-state index is -4.90. The second kappa shape index (κ2) is 7.88. The lowest BCUT2D eigenvalue weighted by Crippen LogP contribution is -2.50. The number of carbonyl (C=O) groups excluding carboxylic acids is 1. The highest BCUT2D eigenvalue weighted by Crippen LogP contribution is 2.24. The van der Waals surface area contributed by atoms with Gasteiger partial charge in [0.25, 0.3) is 0 Å². The molecule has 8 heteroatoms. The largest absolute Gasteiger partial charge is 0.497 e. The predicted molar refractivity (Wildman–Crippen MR) is 75.7 cm³/mol. The van der Waals surface area contributed by atoms with E-state index in [1.165, 1.54) is 19.2 Å². The second-order valence-electron chi connectivity index (χ2n) is 4.62. The van der Waals surface area contributed by atoms with Gasteiger partial charge in [-0.3, -0.25) is 4.90 Å². The van der Waals surface area contributed by atoms with Crippen LogP contribution in [0.2, 0.25) is 0 Å². The molecule has 0 fully saturated rings. The van der Waals surface area contributed by atoms with Crippen molar-refractivity contribution in [3.8, 4) is 5.75 Å². The van der Waals surface area contributed by atoms with Crippen LogP contribution in [-0.2, 0) is 0 Å². The van der Waals surface area contributed by atoms with Gasteiger partial charge in [-0.25, -0.2) is 4.79 Å². The van der Waals surface area contributed by atoms with Gasteiger partial charge in [0.05, 0.1) is 7.11 Å². The number of nitrogens with zero attached hydrogens (tertiary/aromatic N) is 1. The summed E-state index contributed by atoms with van der Waals surface area (Å²) in [5.74, 6) is 0.552. The van der Waals surface area contributed by atoms with Gasteiger partial charge in [-0.2, -0.15) is 13.2 Å². The first-order valence-corrected chi connectivity index (χ1v) is 6.76. The molecule has 0 saturated heterocycles. The third-order valence-corrected chi connectivity index (χ3v) is 2.94. The number of anilines is 1. The summed E-state index contributed by atoms with van der Waals surface area (Å²) in [4.78, 5) is 12.4. The molecule has 1 rings (SSSR count). The van der Waals surface area contributed by atoms with Crippen LogP contribution in [0.3, 0.4) is 0 Å². The number of aliphatic hydroxyl groups is 1. The van der Waals surface area contributed by atoms with Crippen molar-refractivity contribution in [2.24, 2.45) is 0 Å². The number of urea groups is 1. The number of benzene rings is 1. The molecule has 0 heterocycles. The fourth-order valence-electron chi connectivity index (χ4n) is 1.71. The maximum absolute atomic E-state index is 12.6. The second-order valence-corrected chi connectivity index (χ2v) is 4.62. The van der Waals surface area contributed by atoms with E-state index in [0.29, 0.717) is 29.2 Å². The van der Waals surface area contributed by atoms with E-state index in [1.807, 2.05) is 0 Å². The highest BCUT2D eigenvalue weighted by molar-refractivity contribution is 5.89. The van der Waals surface area contributed by atoms with E-state index in [2.05, 4.69) is 5.32 Å². The molecule has 1 aromatic rings. The van der Waals surface area contributed by atoms with Crippen LogP contribution in [0.25, 0.3) is 0 Å². The molecule has 2 N–H and O–H groups in total. The summed E-state index contributed by atoms with van der Waals surface area (Å²) in [6.45, 7) is 1.58. The first-order chi connectivity index (χ1) is 10.3. The lowest BCUT2D eigenvalue weighted by Gasteiger charge is -2.29. The first kappa shape index (κ1) is 18.1. The van der Waals surface area contributed by atoms with E-state index in [9.17, 15) is 23.1 Å². The van der Waals surface area contributed by atoms with Crippen LogP contribution >= 0.6 is 0 Å². The van der Waals surface area contributed by atoms with Crippen molar-refractivity contribution >= 4 is 11.7 Å². The first-order valence-electron chi connectivity index (χ1n) is 6.76. The number of rotatable bonds is 6. The third kappa shape index (κ3) is 5.10. The Hall–Kier alpha value is -1.96. The number of ether oxygens (including phenoxy) is 1. The molecule has 124 valence electrons. The zero-order valence-electron chi connectivity index (χ0n) is 12.4. The molecular weight excluding hydrogens is 301 g/mol. The Morgan fingerprint density at radius 3 is 2.41 bits per heavy atom. The maximum Gasteiger partial charge on any atom is 0.433 e. The molecule has 0 aliphatic carbocycles. The monoisotopic (exact) mass is 320 g/mol. The van der Waals surface area contributed by atoms with Crippen molar-refractivity contribution in [3.05, 3.63) is 24.3 Å². The maximum atomic E-state index is 12.6. The summed E-state index contributed by atoms with van der Waals surface area (Å²) < 4.78 is 42.9. The van der Waals surface area contributed by atoms with Crippen LogP contribution in [0.4, 0.5) is 23.7 Å². The zero-order chi connectivity index (χ0) is 16.8. The molecule has 0 aromatic heterocycles. The van der Waals surface area contributed by atoms with Crippen LogP contribution < -0.4 is 10.1 Å². The number of alkyl halides is 3. The average molecular weight is 320 g/mol. The summed E-state index contributed by atoms with van der Waals surface area (Å²) in [6.07, 6.45) is -6.79. The van der Waals surface area contributed by atoms with Crippen molar-refractivity contribution in [3.63, 3.8) is 0 Å². The van der Waals surface area contributed by atoms with Gasteiger partial charge in [-0.15, -0.1) is 0 Å². The number of amides is 2. The highest BCUT2D eigenvalue weighted by Gasteiger charge is 2.44. The molecule has 1 atom stereocenters. The Kier molecular flexibility index (Phi) is 6.48. The van der Waals surface area contributed by atoms with E-state index in [4.69, 9.17) is 4.74 Å². The number of methoxy groups -OCH3 is 1. The van der Waals surface area contributed by atoms with Crippen molar-refractivity contribution in [2.45, 2.75) is 32.2 Å². The summed E-state index contributed by atoms with van der Waals surface area (Å²) in [5.41, 5.74) is 0.307. The summed E-state index contributed by atoms with van der Waals surface area (Å²) in [7, 11) is 1.47. The Balaban J connectivity index is 2.81. The van der Waals surface area contributed by atoms with Gasteiger partial charge < -0.3 is 15.2 Å². The lowest BCUT2D eigenvalue weighted by molar-refractivity contribution is -0.239. The molecule has 0 aliphatic heterocycles. The zero-order valence-corrected chi connectivity index (χ0v) is 12.4. The molecule has 0 radical (unpaired) electrons. The van der Waals surface area contributed by atoms with Crippen molar-refractivity contribution in [1.82, 2.24) is 4.90 Å². The van der Waals surface area contributed by atoms with E-state index in [-0.39, 0.29) is 6.54 Å². The van der Waals surface area contributed by atoms with Gasteiger partial charge in [0.1, 0.15) is 5.75 Å². The Morgan fingerprint density at radius 2 is 1.95 bits per heavy atom. The Labute approximate surface area is 126 Å². The summed E-state index contributed by atoms with van der Waals surface area (Å²) in [5, 5.41) is 11.6. The van der Waals surface area contributed by atoms with Gasteiger partial charge in [-0.05, 0) is 30.7 Å². The number of hydrogen-bond acceptors (Lipinski definition) is 3. The van der Waals surface area contributed by atoms with Crippen LogP contribution in [0.5, 0.6) is 5.75 Å². The Bertz CT molecular complexity index is 477. The summed E-state index contributed by atoms with van der Waals surface area (Å²) >= 11 is 0. The van der Waals surface area contributed by atoms with Gasteiger partial charge in [0.15, 0.2) is 0 Å². The summed E-state index contributed by atoms with van der Waals surface area (Å²) in [6, 6.07) is 5.10. The van der Waals surface area contributed by atoms with Crippen LogP contribution in [0, 0.1) is 0 Å². The SMILES string of the molecule is CCCCN(C(=O)Nc1ccc(OC)cc1)C(O)C(F)(F)F. The van der Waals surface area contributed by atoms with Crippen molar-refractivity contribution in [1.29, 1.82) is 0 Å². The molecule has 5 nitrogen and oxygen atoms in total. The fourth-order valence-corrected chi connectivity index (χ4v) is 1.71. The molecule has 0 bridgehead atoms. The predicted octanol–water partition coefficient (Wildman–Crippen LogP) is 3.21. The molecular formula is C14H19F3N2O3. The standard InChI is InChI=1S/C14H19F3N2O3/c1-3-4-9-19(12(20)14(15,16)17)13(21)18-10-5-7-11(22-2)8-6-10/h5-8,12,20H,3-4,9H2,1-2H3,(H,18,21). The van der Waals surface area contributed by atoms with Crippen LogP contribution in [0.15, 0.2) is 24.3 Å². The van der Waals surface area contributed by atoms with Gasteiger partial charge in [0, 0.05) is 12.2 Å². The minimum absolute atomic E-state index is 0.195. The number of hydrogen-bond donors (Lipinski definition) is 2. The quantitative estimate of drug-likeness (QED) is 0.791. The average Bonchev–Trinajstić information content (AvgIpc) is 2.47. The van der Waals surface area contributed by atoms with Crippen molar-refractivity contribution in [2.75, 3.05) is 19.0 Å². The Morgan fingerprint density at radius 1 is 1.36 bits per heavy atom. The van der Waals surface area contributed by atoms with E-state index < -0.39 is 18.4 Å². The highest BCUT2D eigenvalue weighted by atomic mass is 19.4. The lowest BCUT2D eigenvalue weighted by atomic mass is 10.3. The van der Waals surface area contributed by atoms with Gasteiger partial charge >= 0.3 is 12.2 Å². The number of halogens is 3. The third-order valence-electron chi connectivity index (χ3n) is 2.94. The number of aliphatic hydroxyl groups excluding tert-OH is 1. The van der Waals surface area contributed by atoms with Crippen LogP contribution in [0.1, 0.15) is 19.8 Å². The van der Waals surface area contributed by atoms with Gasteiger partial charge in [0.2, 0.25) is 6.23 Å².